The summed E-state index contributed by atoms with van der Waals surface area (Å²) in [5.74, 6) is -0.754. The maximum atomic E-state index is 15.6. The van der Waals surface area contributed by atoms with Gasteiger partial charge in [0.25, 0.3) is 5.91 Å². The van der Waals surface area contributed by atoms with Crippen LogP contribution >= 0.6 is 0 Å². The number of hydrogen-bond acceptors (Lipinski definition) is 5. The molecule has 8 heteroatoms. The van der Waals surface area contributed by atoms with E-state index in [1.54, 1.807) is 18.6 Å². The fourth-order valence-corrected chi connectivity index (χ4v) is 5.47. The van der Waals surface area contributed by atoms with Crippen molar-refractivity contribution in [3.05, 3.63) is 41.5 Å². The molecule has 0 atom stereocenters. The number of aliphatic imine (C=N–C) groups is 1. The van der Waals surface area contributed by atoms with E-state index in [-0.39, 0.29) is 5.82 Å². The van der Waals surface area contributed by atoms with Crippen molar-refractivity contribution >= 4 is 34.5 Å². The number of primary amides is 1. The standard InChI is InChI=1S/C27H33FN6O/c1-32(2)11-12-33(3)23-15-20(25-19(9-10-30-25)24(23)27(29)35)17-13-21(28)26-22(14-17)31-16-34(26)18-7-5-4-6-8-18/h10,13-16,18H,4-9,11-12H2,1-3H3,(H2,29,35). The molecule has 0 saturated heterocycles. The lowest BCUT2D eigenvalue weighted by Crippen LogP contribution is -2.30. The van der Waals surface area contributed by atoms with E-state index in [0.717, 1.165) is 36.2 Å². The molecule has 1 saturated carbocycles. The molecule has 2 N–H and O–H groups in total. The molecule has 2 heterocycles. The maximum Gasteiger partial charge on any atom is 0.251 e. The Morgan fingerprint density at radius 2 is 1.91 bits per heavy atom. The number of nitrogens with zero attached hydrogens (tertiary/aromatic N) is 5. The van der Waals surface area contributed by atoms with Crippen molar-refractivity contribution in [3.8, 4) is 11.1 Å². The predicted molar refractivity (Wildman–Crippen MR) is 139 cm³/mol. The Bertz CT molecular complexity index is 1300. The van der Waals surface area contributed by atoms with E-state index < -0.39 is 5.91 Å². The number of anilines is 1. The molecule has 2 aliphatic rings. The number of nitrogens with two attached hydrogens (primary N) is 1. The molecular weight excluding hydrogens is 443 g/mol. The van der Waals surface area contributed by atoms with Crippen LogP contribution in [0.2, 0.25) is 0 Å². The quantitative estimate of drug-likeness (QED) is 0.536. The molecule has 7 nitrogen and oxygen atoms in total. The van der Waals surface area contributed by atoms with Gasteiger partial charge in [0, 0.05) is 44.4 Å². The first kappa shape index (κ1) is 23.5. The molecule has 3 aromatic rings. The summed E-state index contributed by atoms with van der Waals surface area (Å²) in [4.78, 5) is 25.8. The topological polar surface area (TPSA) is 79.8 Å². The third-order valence-corrected chi connectivity index (χ3v) is 7.34. The number of imidazole rings is 1. The molecule has 5 rings (SSSR count). The van der Waals surface area contributed by atoms with Gasteiger partial charge in [-0.25, -0.2) is 9.37 Å². The molecule has 0 radical (unpaired) electrons. The second-order valence-corrected chi connectivity index (χ2v) is 10.0. The highest BCUT2D eigenvalue weighted by atomic mass is 19.1. The average Bonchev–Trinajstić information content (AvgIpc) is 3.49. The zero-order valence-corrected chi connectivity index (χ0v) is 20.7. The maximum absolute atomic E-state index is 15.6. The van der Waals surface area contributed by atoms with E-state index in [4.69, 9.17) is 5.73 Å². The van der Waals surface area contributed by atoms with Gasteiger partial charge in [0.2, 0.25) is 0 Å². The number of amides is 1. The largest absolute Gasteiger partial charge is 0.373 e. The molecule has 1 fully saturated rings. The van der Waals surface area contributed by atoms with Crippen LogP contribution in [0.4, 0.5) is 15.8 Å². The lowest BCUT2D eigenvalue weighted by atomic mass is 9.93. The number of halogens is 1. The van der Waals surface area contributed by atoms with Gasteiger partial charge in [-0.1, -0.05) is 19.3 Å². The van der Waals surface area contributed by atoms with Crippen molar-refractivity contribution in [1.82, 2.24) is 14.5 Å². The highest BCUT2D eigenvalue weighted by molar-refractivity contribution is 6.06. The van der Waals surface area contributed by atoms with Crippen LogP contribution in [0.25, 0.3) is 22.2 Å². The summed E-state index contributed by atoms with van der Waals surface area (Å²) in [6.07, 6.45) is 9.81. The predicted octanol–water partition coefficient (Wildman–Crippen LogP) is 4.70. The molecule has 0 unspecified atom stereocenters. The molecule has 1 amide bonds. The smallest absolute Gasteiger partial charge is 0.251 e. The van der Waals surface area contributed by atoms with Gasteiger partial charge >= 0.3 is 0 Å². The summed E-state index contributed by atoms with van der Waals surface area (Å²) in [6.45, 7) is 1.53. The normalized spacial score (nSPS) is 15.8. The van der Waals surface area contributed by atoms with Crippen LogP contribution in [0.15, 0.2) is 29.5 Å². The monoisotopic (exact) mass is 476 g/mol. The van der Waals surface area contributed by atoms with Crippen molar-refractivity contribution in [2.75, 3.05) is 39.1 Å². The third kappa shape index (κ3) is 4.31. The van der Waals surface area contributed by atoms with E-state index in [1.807, 2.05) is 42.7 Å². The van der Waals surface area contributed by atoms with Crippen LogP contribution in [-0.2, 0) is 6.42 Å². The Morgan fingerprint density at radius 1 is 1.14 bits per heavy atom. The van der Waals surface area contributed by atoms with Crippen molar-refractivity contribution in [3.63, 3.8) is 0 Å². The minimum absolute atomic E-state index is 0.280. The second kappa shape index (κ2) is 9.41. The highest BCUT2D eigenvalue weighted by Crippen LogP contribution is 2.44. The van der Waals surface area contributed by atoms with Crippen molar-refractivity contribution in [2.24, 2.45) is 10.7 Å². The van der Waals surface area contributed by atoms with Crippen LogP contribution in [0.1, 0.15) is 54.1 Å². The Labute approximate surface area is 205 Å². The Kier molecular flexibility index (Phi) is 6.32. The van der Waals surface area contributed by atoms with Gasteiger partial charge in [0.15, 0.2) is 0 Å². The number of likely N-dealkylation sites (N-methyl/N-ethyl adjacent to an activating group) is 2. The van der Waals surface area contributed by atoms with Gasteiger partial charge in [0.05, 0.1) is 28.8 Å². The number of hydrogen-bond donors (Lipinski definition) is 1. The number of carbonyl (C=O) groups excluding carboxylic acids is 1. The molecule has 184 valence electrons. The Morgan fingerprint density at radius 3 is 2.63 bits per heavy atom. The number of fused-ring (bicyclic) bond motifs is 2. The van der Waals surface area contributed by atoms with Crippen LogP contribution in [-0.4, -0.2) is 60.8 Å². The second-order valence-electron chi connectivity index (χ2n) is 10.0. The summed E-state index contributed by atoms with van der Waals surface area (Å²) in [5, 5.41) is 0. The van der Waals surface area contributed by atoms with Crippen molar-refractivity contribution < 1.29 is 9.18 Å². The van der Waals surface area contributed by atoms with Gasteiger partial charge in [-0.2, -0.15) is 0 Å². The fourth-order valence-electron chi connectivity index (χ4n) is 5.47. The van der Waals surface area contributed by atoms with Crippen molar-refractivity contribution in [2.45, 2.75) is 44.6 Å². The number of carbonyl (C=O) groups is 1. The Hall–Kier alpha value is -3.26. The first-order valence-corrected chi connectivity index (χ1v) is 12.4. The zero-order valence-electron chi connectivity index (χ0n) is 20.7. The summed E-state index contributed by atoms with van der Waals surface area (Å²) in [5.41, 5.74) is 11.3. The van der Waals surface area contributed by atoms with Crippen LogP contribution < -0.4 is 10.6 Å². The van der Waals surface area contributed by atoms with Gasteiger partial charge in [-0.15, -0.1) is 0 Å². The zero-order chi connectivity index (χ0) is 24.7. The number of rotatable bonds is 7. The van der Waals surface area contributed by atoms with Gasteiger partial charge < -0.3 is 20.1 Å². The summed E-state index contributed by atoms with van der Waals surface area (Å²) in [7, 11) is 5.97. The minimum Gasteiger partial charge on any atom is -0.373 e. The molecule has 1 aliphatic carbocycles. The van der Waals surface area contributed by atoms with Crippen LogP contribution in [0, 0.1) is 5.82 Å². The Balaban J connectivity index is 1.63. The van der Waals surface area contributed by atoms with Gasteiger partial charge in [-0.05, 0) is 56.3 Å². The third-order valence-electron chi connectivity index (χ3n) is 7.34. The van der Waals surface area contributed by atoms with Gasteiger partial charge in [0.1, 0.15) is 11.3 Å². The molecule has 1 aromatic heterocycles. The molecule has 0 bridgehead atoms. The van der Waals surface area contributed by atoms with E-state index in [0.29, 0.717) is 46.9 Å². The van der Waals surface area contributed by atoms with E-state index in [1.165, 1.54) is 19.3 Å². The average molecular weight is 477 g/mol. The van der Waals surface area contributed by atoms with Gasteiger partial charge in [-0.3, -0.25) is 9.79 Å². The highest BCUT2D eigenvalue weighted by Gasteiger charge is 2.27. The number of aromatic nitrogens is 2. The molecule has 2 aromatic carbocycles. The van der Waals surface area contributed by atoms with Crippen LogP contribution in [0.3, 0.4) is 0 Å². The first-order valence-electron chi connectivity index (χ1n) is 12.4. The summed E-state index contributed by atoms with van der Waals surface area (Å²) < 4.78 is 17.6. The SMILES string of the molecule is CN(C)CCN(C)c1cc(-c2cc(F)c3c(c2)ncn3C2CCCCC2)c2c(c1C(N)=O)CC=N2. The summed E-state index contributed by atoms with van der Waals surface area (Å²) >= 11 is 0. The minimum atomic E-state index is -0.474. The molecule has 35 heavy (non-hydrogen) atoms. The first-order chi connectivity index (χ1) is 16.8. The molecule has 0 spiro atoms. The van der Waals surface area contributed by atoms with Crippen molar-refractivity contribution in [1.29, 1.82) is 0 Å². The van der Waals surface area contributed by atoms with E-state index >= 15 is 4.39 Å². The number of benzene rings is 2. The van der Waals surface area contributed by atoms with E-state index in [2.05, 4.69) is 14.9 Å². The lowest BCUT2D eigenvalue weighted by Gasteiger charge is -2.26. The van der Waals surface area contributed by atoms with E-state index in [9.17, 15) is 4.79 Å². The lowest BCUT2D eigenvalue weighted by molar-refractivity contribution is 0.1000. The molecular formula is C27H33FN6O. The fraction of sp³-hybridized carbons (Fsp3) is 0.444. The summed E-state index contributed by atoms with van der Waals surface area (Å²) in [6, 6.07) is 5.75. The molecule has 1 aliphatic heterocycles. The van der Waals surface area contributed by atoms with Crippen LogP contribution in [0.5, 0.6) is 0 Å².